The van der Waals surface area contributed by atoms with E-state index in [0.717, 1.165) is 68.9 Å². The number of nitrogens with zero attached hydrogens (tertiary/aromatic N) is 6. The number of fused-ring (bicyclic) bond motifs is 3. The summed E-state index contributed by atoms with van der Waals surface area (Å²) >= 11 is 0. The third-order valence-corrected chi connectivity index (χ3v) is 9.90. The van der Waals surface area contributed by atoms with Crippen LogP contribution >= 0.6 is 0 Å². The van der Waals surface area contributed by atoms with Gasteiger partial charge in [0.15, 0.2) is 10.7 Å². The summed E-state index contributed by atoms with van der Waals surface area (Å²) in [7, 11) is -1.60. The van der Waals surface area contributed by atoms with Gasteiger partial charge in [0.2, 0.25) is 5.91 Å². The number of nitrogens with two attached hydrogens (primary N) is 1. The zero-order valence-corrected chi connectivity index (χ0v) is 24.3. The molecular weight excluding hydrogens is 540 g/mol. The van der Waals surface area contributed by atoms with Gasteiger partial charge in [-0.3, -0.25) is 14.5 Å². The highest BCUT2D eigenvalue weighted by atomic mass is 32.2. The van der Waals surface area contributed by atoms with Gasteiger partial charge in [-0.2, -0.15) is 4.98 Å². The minimum absolute atomic E-state index is 0.196. The molecule has 1 unspecified atom stereocenters. The summed E-state index contributed by atoms with van der Waals surface area (Å²) in [5.41, 5.74) is 9.25. The molecule has 2 aromatic heterocycles. The second-order valence-corrected chi connectivity index (χ2v) is 12.5. The van der Waals surface area contributed by atoms with Crippen LogP contribution in [-0.2, 0) is 15.6 Å². The van der Waals surface area contributed by atoms with Gasteiger partial charge in [-0.25, -0.2) is 13.9 Å². The first-order valence-corrected chi connectivity index (χ1v) is 15.3. The number of aryl methyl sites for hydroxylation is 2. The Morgan fingerprint density at radius 2 is 1.80 bits per heavy atom. The Kier molecular flexibility index (Phi) is 7.62. The number of likely N-dealkylation sites (tertiary alicyclic amines) is 1. The number of amides is 1. The lowest BCUT2D eigenvalue weighted by Gasteiger charge is -2.37. The molecule has 4 aromatic rings. The summed E-state index contributed by atoms with van der Waals surface area (Å²) < 4.78 is 15.1. The number of carbonyl (C=O) groups excluding carboxylic acids is 1. The summed E-state index contributed by atoms with van der Waals surface area (Å²) in [4.78, 5) is 37.2. The van der Waals surface area contributed by atoms with Crippen LogP contribution in [0.3, 0.4) is 0 Å². The van der Waals surface area contributed by atoms with Crippen molar-refractivity contribution in [2.45, 2.75) is 36.6 Å². The molecule has 6 rings (SSSR count). The molecule has 0 radical (unpaired) electrons. The lowest BCUT2D eigenvalue weighted by molar-refractivity contribution is -0.133. The summed E-state index contributed by atoms with van der Waals surface area (Å²) in [6, 6.07) is 11.4. The minimum atomic E-state index is -1.60. The van der Waals surface area contributed by atoms with Crippen LogP contribution in [-0.4, -0.2) is 92.1 Å². The average Bonchev–Trinajstić information content (AvgIpc) is 3.41. The summed E-state index contributed by atoms with van der Waals surface area (Å²) in [5, 5.41) is 7.95. The van der Waals surface area contributed by atoms with Crippen molar-refractivity contribution in [1.29, 1.82) is 0 Å². The predicted molar refractivity (Wildman–Crippen MR) is 159 cm³/mol. The number of aromatic nitrogens is 4. The molecule has 2 aromatic carbocycles. The first-order chi connectivity index (χ1) is 19.8. The highest BCUT2D eigenvalue weighted by molar-refractivity contribution is 7.85. The van der Waals surface area contributed by atoms with Gasteiger partial charge in [-0.05, 0) is 69.0 Å². The molecule has 0 bridgehead atoms. The fourth-order valence-corrected chi connectivity index (χ4v) is 7.08. The Balaban J connectivity index is 1.19. The topological polar surface area (TPSA) is 133 Å². The smallest absolute Gasteiger partial charge is 0.281 e. The molecule has 1 amide bonds. The van der Waals surface area contributed by atoms with E-state index in [1.807, 2.05) is 49.1 Å². The molecule has 4 heterocycles. The molecule has 0 aliphatic carbocycles. The quantitative estimate of drug-likeness (QED) is 0.354. The van der Waals surface area contributed by atoms with Gasteiger partial charge in [0.1, 0.15) is 10.8 Å². The molecule has 2 aliphatic heterocycles. The number of carbonyl (C=O) groups is 1. The van der Waals surface area contributed by atoms with E-state index in [1.54, 1.807) is 10.6 Å². The van der Waals surface area contributed by atoms with Crippen LogP contribution in [0.2, 0.25) is 0 Å². The molecule has 3 N–H and O–H groups in total. The number of H-pyrrole nitrogens is 1. The molecule has 11 nitrogen and oxygen atoms in total. The maximum atomic E-state index is 13.5. The van der Waals surface area contributed by atoms with Crippen molar-refractivity contribution in [3.63, 3.8) is 0 Å². The summed E-state index contributed by atoms with van der Waals surface area (Å²) in [6.45, 7) is 9.72. The fourth-order valence-electron chi connectivity index (χ4n) is 5.90. The van der Waals surface area contributed by atoms with Crippen LogP contribution in [0.5, 0.6) is 0 Å². The summed E-state index contributed by atoms with van der Waals surface area (Å²) in [6.07, 6.45) is 1.98. The largest absolute Gasteiger partial charge is 0.369 e. The van der Waals surface area contributed by atoms with Gasteiger partial charge in [0.05, 0.1) is 17.4 Å². The van der Waals surface area contributed by atoms with Crippen LogP contribution in [0.4, 0.5) is 5.69 Å². The molecular formula is C29H36N8O3S. The number of benzene rings is 2. The Morgan fingerprint density at radius 1 is 1.05 bits per heavy atom. The first kappa shape index (κ1) is 27.6. The van der Waals surface area contributed by atoms with E-state index in [-0.39, 0.29) is 22.1 Å². The maximum Gasteiger partial charge on any atom is 0.281 e. The number of anilines is 1. The lowest BCUT2D eigenvalue weighted by Crippen LogP contribution is -2.51. The van der Waals surface area contributed by atoms with E-state index in [4.69, 9.17) is 5.73 Å². The van der Waals surface area contributed by atoms with E-state index in [9.17, 15) is 13.8 Å². The number of rotatable bonds is 6. The highest BCUT2D eigenvalue weighted by Crippen LogP contribution is 2.26. The minimum Gasteiger partial charge on any atom is -0.369 e. The number of hydrogen-bond donors (Lipinski definition) is 2. The zero-order valence-electron chi connectivity index (χ0n) is 23.5. The van der Waals surface area contributed by atoms with Crippen molar-refractivity contribution in [1.82, 2.24) is 29.6 Å². The van der Waals surface area contributed by atoms with E-state index in [2.05, 4.69) is 25.1 Å². The van der Waals surface area contributed by atoms with E-state index >= 15 is 0 Å². The van der Waals surface area contributed by atoms with Crippen LogP contribution < -0.4 is 16.2 Å². The van der Waals surface area contributed by atoms with Gasteiger partial charge < -0.3 is 15.5 Å². The van der Waals surface area contributed by atoms with Gasteiger partial charge in [0, 0.05) is 49.9 Å². The predicted octanol–water partition coefficient (Wildman–Crippen LogP) is 1.67. The van der Waals surface area contributed by atoms with Gasteiger partial charge in [0.25, 0.3) is 5.56 Å². The second-order valence-electron chi connectivity index (χ2n) is 11.2. The maximum absolute atomic E-state index is 13.5. The van der Waals surface area contributed by atoms with Crippen LogP contribution in [0, 0.1) is 19.8 Å². The molecule has 0 spiro atoms. The average molecular weight is 577 g/mol. The Morgan fingerprint density at radius 3 is 2.51 bits per heavy atom. The zero-order chi connectivity index (χ0) is 28.7. The fraction of sp³-hybridized carbons (Fsp3) is 0.448. The van der Waals surface area contributed by atoms with Crippen molar-refractivity contribution in [3.05, 3.63) is 57.9 Å². The van der Waals surface area contributed by atoms with Crippen molar-refractivity contribution < 1.29 is 9.00 Å². The van der Waals surface area contributed by atoms with E-state index in [0.29, 0.717) is 34.8 Å². The van der Waals surface area contributed by atoms with E-state index in [1.165, 1.54) is 0 Å². The number of hydrogen-bond acceptors (Lipinski definition) is 8. The number of piperidine rings is 1. The molecule has 2 saturated heterocycles. The van der Waals surface area contributed by atoms with Crippen molar-refractivity contribution >= 4 is 38.9 Å². The van der Waals surface area contributed by atoms with Gasteiger partial charge in [-0.1, -0.05) is 17.7 Å². The second kappa shape index (κ2) is 11.3. The first-order valence-electron chi connectivity index (χ1n) is 14.2. The number of nitrogens with one attached hydrogen (secondary N) is 1. The standard InChI is InChI=1S/C29H36N8O3S/c1-19-3-6-25(20(2)15-19)41(40)29-27-31-28(39)23-5-4-22(16-24(23)37(27)33-32-29)35-13-11-34(12-14-35)18-26(38)36-9-7-21(17-30)8-10-36/h3-6,15-16,21,33H,7-14,17-18,30H2,1-2H3. The van der Waals surface area contributed by atoms with Gasteiger partial charge in [-0.15, -0.1) is 5.10 Å². The van der Waals surface area contributed by atoms with Crippen LogP contribution in [0.15, 0.2) is 51.1 Å². The molecule has 41 heavy (non-hydrogen) atoms. The molecule has 0 saturated carbocycles. The lowest BCUT2D eigenvalue weighted by atomic mass is 9.97. The molecule has 2 fully saturated rings. The normalized spacial score (nSPS) is 17.9. The van der Waals surface area contributed by atoms with Crippen molar-refractivity contribution in [2.75, 3.05) is 57.3 Å². The highest BCUT2D eigenvalue weighted by Gasteiger charge is 2.26. The third kappa shape index (κ3) is 5.39. The van der Waals surface area contributed by atoms with Crippen LogP contribution in [0.1, 0.15) is 24.0 Å². The molecule has 12 heteroatoms. The van der Waals surface area contributed by atoms with E-state index < -0.39 is 10.8 Å². The van der Waals surface area contributed by atoms with Crippen molar-refractivity contribution in [2.24, 2.45) is 11.7 Å². The van der Waals surface area contributed by atoms with Gasteiger partial charge >= 0.3 is 0 Å². The van der Waals surface area contributed by atoms with Crippen molar-refractivity contribution in [3.8, 4) is 0 Å². The molecule has 216 valence electrons. The molecule has 2 aliphatic rings. The SMILES string of the molecule is Cc1ccc(S(=O)c2n[nH]n3c2nc(=O)c2ccc(N4CCN(CC(=O)N5CCC(CN)CC5)CC4)cc23)c(C)c1. The number of aromatic amines is 1. The third-order valence-electron chi connectivity index (χ3n) is 8.42. The Hall–Kier alpha value is -3.61. The number of piperazine rings is 1. The molecule has 1 atom stereocenters. The summed E-state index contributed by atoms with van der Waals surface area (Å²) in [5.74, 6) is 0.729. The van der Waals surface area contributed by atoms with Crippen LogP contribution in [0.25, 0.3) is 16.6 Å². The Bertz CT molecular complexity index is 1680. The monoisotopic (exact) mass is 576 g/mol. The Labute approximate surface area is 240 Å².